The molecule has 0 saturated heterocycles. The maximum absolute atomic E-state index is 0. The molecule has 0 spiro atoms. The zero-order valence-electron chi connectivity index (χ0n) is 13.0. The number of rotatable bonds is 0. The third-order valence-corrected chi connectivity index (χ3v) is 0. The predicted molar refractivity (Wildman–Crippen MR) is 6.41 cm³/mol. The van der Waals surface area contributed by atoms with Gasteiger partial charge in [0.05, 0.1) is 0 Å². The first-order valence-corrected chi connectivity index (χ1v) is 0. The van der Waals surface area contributed by atoms with Crippen molar-refractivity contribution >= 4 is 0 Å². The maximum atomic E-state index is 0. The van der Waals surface area contributed by atoms with Gasteiger partial charge in [0.15, 0.2) is 0 Å². The van der Waals surface area contributed by atoms with Crippen LogP contribution in [0.15, 0.2) is 0 Å². The molecule has 0 aromatic rings. The van der Waals surface area contributed by atoms with Gasteiger partial charge in [-0.3, -0.25) is 0 Å². The van der Waals surface area contributed by atoms with Crippen LogP contribution in [0.4, 0.5) is 0 Å². The van der Waals surface area contributed by atoms with Crippen LogP contribution >= 0.6 is 0 Å². The topological polar surface area (TPSA) is 0 Å². The van der Waals surface area contributed by atoms with Crippen molar-refractivity contribution in [1.82, 2.24) is 0 Å². The van der Waals surface area contributed by atoms with E-state index in [9.17, 15) is 0 Å². The molecule has 0 N–H and O–H groups in total. The minimum atomic E-state index is 0. The molecule has 0 aliphatic rings. The minimum Gasteiger partial charge on any atom is -0.358 e. The molecule has 24 heteroatoms. The van der Waals surface area contributed by atoms with E-state index in [4.69, 9.17) is 0 Å². The molecule has 25 heavy (non-hydrogen) atoms. The molecule has 0 aliphatic carbocycles. The van der Waals surface area contributed by atoms with Gasteiger partial charge in [-0.25, -0.2) is 0 Å². The van der Waals surface area contributed by atoms with Gasteiger partial charge in [-0.1, -0.05) is 0 Å². The van der Waals surface area contributed by atoms with Gasteiger partial charge in [-0.2, -0.15) is 0 Å². The summed E-state index contributed by atoms with van der Waals surface area (Å²) in [7, 11) is 0. The Balaban J connectivity index is 0. The van der Waals surface area contributed by atoms with E-state index in [0.29, 0.717) is 0 Å². The normalized spacial score (nSPS) is 0. The van der Waals surface area contributed by atoms with E-state index in [-0.39, 0.29) is 754 Å². The Hall–Kier alpha value is 25.2. The molecule has 0 aliphatic heterocycles. The molecular formula is CH3U24-. The van der Waals surface area contributed by atoms with Crippen molar-refractivity contribution in [1.29, 1.82) is 0 Å². The largest absolute Gasteiger partial charge is 0.358 e. The maximum Gasteiger partial charge on any atom is 0 e. The van der Waals surface area contributed by atoms with Gasteiger partial charge in [0, 0.05) is 747 Å². The fraction of sp³-hybridized carbons (Fsp3) is 0. The minimum absolute atomic E-state index is 0. The molecule has 0 aromatic carbocycles. The zero-order chi connectivity index (χ0) is 0. The van der Waals surface area contributed by atoms with Gasteiger partial charge in [0.25, 0.3) is 0 Å². The van der Waals surface area contributed by atoms with E-state index >= 15 is 0 Å². The predicted octanol–water partition coefficient (Wildman–Crippen LogP) is 0.450. The fourth-order valence-electron chi connectivity index (χ4n) is 0. The Morgan fingerprint density at radius 2 is 0.0800 bits per heavy atom. The Kier molecular flexibility index (Phi) is 1380. The Labute approximate surface area is 726 Å². The van der Waals surface area contributed by atoms with Crippen molar-refractivity contribution in [2.24, 2.45) is 0 Å². The van der Waals surface area contributed by atoms with Gasteiger partial charge in [0.2, 0.25) is 0 Å². The van der Waals surface area contributed by atoms with Crippen LogP contribution in [0.25, 0.3) is 0 Å². The van der Waals surface area contributed by atoms with Crippen LogP contribution in [0.5, 0.6) is 0 Å². The van der Waals surface area contributed by atoms with Crippen molar-refractivity contribution in [2.75, 3.05) is 0 Å². The molecule has 0 heterocycles. The molecule has 0 fully saturated rings. The molecule has 0 amide bonds. The summed E-state index contributed by atoms with van der Waals surface area (Å²) in [4.78, 5) is 0. The van der Waals surface area contributed by atoms with Crippen LogP contribution in [0.2, 0.25) is 0 Å². The summed E-state index contributed by atoms with van der Waals surface area (Å²) in [5.74, 6) is 0. The molecule has 104 valence electrons. The van der Waals surface area contributed by atoms with Crippen molar-refractivity contribution in [3.63, 3.8) is 0 Å². The number of hydrogen-bond acceptors (Lipinski definition) is 0. The summed E-state index contributed by atoms with van der Waals surface area (Å²) in [5, 5.41) is 0. The summed E-state index contributed by atoms with van der Waals surface area (Å²) in [6.07, 6.45) is 0. The second-order valence-corrected chi connectivity index (χ2v) is 0. The van der Waals surface area contributed by atoms with E-state index in [1.165, 1.54) is 0 Å². The first-order valence-electron chi connectivity index (χ1n) is 0. The summed E-state index contributed by atoms with van der Waals surface area (Å²) in [5.41, 5.74) is 0. The molecule has 0 bridgehead atoms. The second-order valence-electron chi connectivity index (χ2n) is 0. The smallest absolute Gasteiger partial charge is 0 e. The van der Waals surface area contributed by atoms with Gasteiger partial charge < -0.3 is 7.43 Å². The second kappa shape index (κ2) is 180. The van der Waals surface area contributed by atoms with Gasteiger partial charge >= 0.3 is 0 Å². The molecular weight excluding hydrogens is 5720 g/mol. The zero-order valence-corrected chi connectivity index (χ0v) is 113. The molecule has 0 rings (SSSR count). The number of hydrogen-bond donors (Lipinski definition) is 0. The van der Waals surface area contributed by atoms with E-state index in [2.05, 4.69) is 0 Å². The average Bonchev–Trinajstić information content (AvgIpc) is 0. The van der Waals surface area contributed by atoms with Crippen molar-refractivity contribution in [3.8, 4) is 0 Å². The van der Waals surface area contributed by atoms with Crippen LogP contribution < -0.4 is 0 Å². The Bertz CT molecular complexity index is 6.06. The molecule has 0 unspecified atom stereocenters. The van der Waals surface area contributed by atoms with Crippen molar-refractivity contribution in [2.45, 2.75) is 0 Å². The molecule has 0 radical (unpaired) electrons. The first-order chi connectivity index (χ1) is 0. The van der Waals surface area contributed by atoms with Crippen molar-refractivity contribution in [3.05, 3.63) is 7.43 Å². The molecule has 0 atom stereocenters. The third-order valence-electron chi connectivity index (χ3n) is 0. The van der Waals surface area contributed by atoms with Crippen LogP contribution in [0.3, 0.4) is 0 Å². The first kappa shape index (κ1) is 191. The average molecular weight is 5730 g/mol. The summed E-state index contributed by atoms with van der Waals surface area (Å²) in [6, 6.07) is 0. The molecule has 0 saturated carbocycles. The quantitative estimate of drug-likeness (QED) is 0.310. The third kappa shape index (κ3) is 172. The van der Waals surface area contributed by atoms with E-state index < -0.39 is 0 Å². The standard InChI is InChI=1S/CH3.24U/h1H3;;;;;;;;;;;;;;;;;;;;;;;;/q-1;;;;;;;;;;;;;;;;;;;;;;;;. The van der Waals surface area contributed by atoms with Gasteiger partial charge in [-0.15, -0.1) is 0 Å². The summed E-state index contributed by atoms with van der Waals surface area (Å²) < 4.78 is 0. The Morgan fingerprint density at radius 3 is 0.0800 bits per heavy atom. The summed E-state index contributed by atoms with van der Waals surface area (Å²) in [6.45, 7) is 0. The van der Waals surface area contributed by atoms with Crippen LogP contribution in [-0.2, 0) is 0 Å². The van der Waals surface area contributed by atoms with E-state index in [1.54, 1.807) is 0 Å². The van der Waals surface area contributed by atoms with Gasteiger partial charge in [0.1, 0.15) is 0 Å². The van der Waals surface area contributed by atoms with E-state index in [1.807, 2.05) is 0 Å². The van der Waals surface area contributed by atoms with Crippen LogP contribution in [0, 0.1) is 754 Å². The van der Waals surface area contributed by atoms with Crippen LogP contribution in [-0.4, -0.2) is 0 Å². The molecule has 0 nitrogen and oxygen atoms in total. The SMILES string of the molecule is [CH3-].[U].[U].[U].[U].[U].[U].[U].[U].[U].[U].[U].[U].[U].[U].[U].[U].[U].[U].[U].[U].[U].[U].[U].[U]. The molecule has 0 aromatic heterocycles. The monoisotopic (exact) mass is 5730 g/mol. The van der Waals surface area contributed by atoms with Gasteiger partial charge in [-0.05, 0) is 0 Å². The fourth-order valence-corrected chi connectivity index (χ4v) is 0. The summed E-state index contributed by atoms with van der Waals surface area (Å²) >= 11 is 0. The van der Waals surface area contributed by atoms with Crippen LogP contribution in [0.1, 0.15) is 0 Å². The Morgan fingerprint density at radius 1 is 0.0800 bits per heavy atom. The van der Waals surface area contributed by atoms with Crippen molar-refractivity contribution < 1.29 is 747 Å². The van der Waals surface area contributed by atoms with E-state index in [0.717, 1.165) is 0 Å².